The molecular formula is C17H21N3O4S. The molecule has 1 fully saturated rings. The molecule has 3 rings (SSSR count). The van der Waals surface area contributed by atoms with Crippen LogP contribution in [0.4, 0.5) is 0 Å². The summed E-state index contributed by atoms with van der Waals surface area (Å²) in [6, 6.07) is 7.57. The fraction of sp³-hybridized carbons (Fsp3) is 0.412. The third-order valence-electron chi connectivity index (χ3n) is 3.87. The summed E-state index contributed by atoms with van der Waals surface area (Å²) < 4.78 is 10.9. The molecule has 0 bridgehead atoms. The molecule has 0 saturated carbocycles. The second-order valence-corrected chi connectivity index (χ2v) is 6.58. The predicted molar refractivity (Wildman–Crippen MR) is 94.1 cm³/mol. The van der Waals surface area contributed by atoms with Crippen molar-refractivity contribution in [1.29, 1.82) is 0 Å². The maximum Gasteiger partial charge on any atom is 0.309 e. The van der Waals surface area contributed by atoms with Gasteiger partial charge in [-0.2, -0.15) is 0 Å². The average Bonchev–Trinajstić information content (AvgIpc) is 3.32. The van der Waals surface area contributed by atoms with Crippen molar-refractivity contribution in [3.63, 3.8) is 0 Å². The minimum atomic E-state index is -0.656. The van der Waals surface area contributed by atoms with Gasteiger partial charge < -0.3 is 19.8 Å². The Morgan fingerprint density at radius 1 is 1.12 bits per heavy atom. The van der Waals surface area contributed by atoms with E-state index in [0.717, 1.165) is 23.7 Å². The molecule has 0 radical (unpaired) electrons. The van der Waals surface area contributed by atoms with Gasteiger partial charge in [-0.25, -0.2) is 0 Å². The number of thiophene rings is 1. The first-order valence-electron chi connectivity index (χ1n) is 8.21. The average molecular weight is 363 g/mol. The highest BCUT2D eigenvalue weighted by molar-refractivity contribution is 7.13. The van der Waals surface area contributed by atoms with Gasteiger partial charge in [-0.1, -0.05) is 6.07 Å². The molecule has 0 spiro atoms. The number of nitrogens with zero attached hydrogens (tertiary/aromatic N) is 1. The Morgan fingerprint density at radius 3 is 2.68 bits per heavy atom. The zero-order valence-corrected chi connectivity index (χ0v) is 14.6. The molecule has 1 saturated heterocycles. The number of ether oxygens (including phenoxy) is 1. The van der Waals surface area contributed by atoms with Crippen LogP contribution in [-0.2, 0) is 20.9 Å². The van der Waals surface area contributed by atoms with Crippen molar-refractivity contribution >= 4 is 23.2 Å². The number of amides is 2. The third-order valence-corrected chi connectivity index (χ3v) is 4.76. The molecule has 8 heteroatoms. The third kappa shape index (κ3) is 5.15. The van der Waals surface area contributed by atoms with Gasteiger partial charge in [-0.15, -0.1) is 11.3 Å². The topological polar surface area (TPSA) is 83.8 Å². The van der Waals surface area contributed by atoms with Gasteiger partial charge >= 0.3 is 11.8 Å². The molecule has 2 aromatic heterocycles. The maximum atomic E-state index is 11.8. The molecular weight excluding hydrogens is 342 g/mol. The molecule has 2 aromatic rings. The Labute approximate surface area is 149 Å². The van der Waals surface area contributed by atoms with Crippen LogP contribution in [-0.4, -0.2) is 56.1 Å². The molecule has 2 amide bonds. The normalized spacial score (nSPS) is 15.0. The van der Waals surface area contributed by atoms with Crippen molar-refractivity contribution in [1.82, 2.24) is 15.5 Å². The van der Waals surface area contributed by atoms with Crippen molar-refractivity contribution in [3.8, 4) is 10.6 Å². The Kier molecular flexibility index (Phi) is 6.21. The van der Waals surface area contributed by atoms with Crippen molar-refractivity contribution in [3.05, 3.63) is 35.4 Å². The van der Waals surface area contributed by atoms with Crippen LogP contribution >= 0.6 is 11.3 Å². The summed E-state index contributed by atoms with van der Waals surface area (Å²) in [5.41, 5.74) is 0. The van der Waals surface area contributed by atoms with Crippen LogP contribution in [0.25, 0.3) is 10.6 Å². The van der Waals surface area contributed by atoms with Crippen LogP contribution in [0.1, 0.15) is 5.76 Å². The Bertz CT molecular complexity index is 693. The van der Waals surface area contributed by atoms with Crippen LogP contribution in [0.2, 0.25) is 0 Å². The molecule has 7 nitrogen and oxygen atoms in total. The van der Waals surface area contributed by atoms with E-state index >= 15 is 0 Å². The first kappa shape index (κ1) is 17.7. The van der Waals surface area contributed by atoms with Gasteiger partial charge in [0.15, 0.2) is 0 Å². The van der Waals surface area contributed by atoms with Crippen LogP contribution < -0.4 is 10.6 Å². The predicted octanol–water partition coefficient (Wildman–Crippen LogP) is 1.07. The second-order valence-electron chi connectivity index (χ2n) is 5.64. The molecule has 0 atom stereocenters. The molecule has 0 aliphatic carbocycles. The Hall–Kier alpha value is -2.16. The van der Waals surface area contributed by atoms with Crippen LogP contribution in [0.5, 0.6) is 0 Å². The molecule has 2 N–H and O–H groups in total. The minimum Gasteiger partial charge on any atom is -0.458 e. The number of carbonyl (C=O) groups excluding carboxylic acids is 2. The van der Waals surface area contributed by atoms with Gasteiger partial charge in [0.2, 0.25) is 0 Å². The van der Waals surface area contributed by atoms with Crippen LogP contribution in [0.15, 0.2) is 34.1 Å². The van der Waals surface area contributed by atoms with Gasteiger partial charge in [0.25, 0.3) is 0 Å². The Morgan fingerprint density at radius 2 is 1.92 bits per heavy atom. The first-order chi connectivity index (χ1) is 12.2. The van der Waals surface area contributed by atoms with E-state index in [2.05, 4.69) is 15.5 Å². The van der Waals surface area contributed by atoms with Gasteiger partial charge in [0.05, 0.1) is 24.6 Å². The molecule has 0 aromatic carbocycles. The van der Waals surface area contributed by atoms with Crippen molar-refractivity contribution in [2.45, 2.75) is 6.54 Å². The van der Waals surface area contributed by atoms with E-state index in [1.54, 1.807) is 17.4 Å². The maximum absolute atomic E-state index is 11.8. The molecule has 3 heterocycles. The number of hydrogen-bond donors (Lipinski definition) is 2. The van der Waals surface area contributed by atoms with Crippen molar-refractivity contribution in [2.75, 3.05) is 39.4 Å². The van der Waals surface area contributed by atoms with E-state index in [9.17, 15) is 9.59 Å². The number of rotatable bonds is 6. The summed E-state index contributed by atoms with van der Waals surface area (Å²) in [6.07, 6.45) is 0. The highest BCUT2D eigenvalue weighted by Gasteiger charge is 2.15. The Balaban J connectivity index is 1.37. The van der Waals surface area contributed by atoms with Gasteiger partial charge in [0.1, 0.15) is 11.5 Å². The van der Waals surface area contributed by atoms with E-state index in [4.69, 9.17) is 9.15 Å². The van der Waals surface area contributed by atoms with Gasteiger partial charge in [-0.3, -0.25) is 14.5 Å². The SMILES string of the molecule is O=C(NCCN1CCOCC1)C(=O)NCc1ccc(-c2cccs2)o1. The van der Waals surface area contributed by atoms with Gasteiger partial charge in [-0.05, 0) is 23.6 Å². The molecule has 25 heavy (non-hydrogen) atoms. The molecule has 1 aliphatic rings. The minimum absolute atomic E-state index is 0.182. The lowest BCUT2D eigenvalue weighted by molar-refractivity contribution is -0.139. The highest BCUT2D eigenvalue weighted by atomic mass is 32.1. The van der Waals surface area contributed by atoms with E-state index < -0.39 is 11.8 Å². The lowest BCUT2D eigenvalue weighted by atomic mass is 10.3. The number of hydrogen-bond acceptors (Lipinski definition) is 6. The number of morpholine rings is 1. The highest BCUT2D eigenvalue weighted by Crippen LogP contribution is 2.26. The largest absolute Gasteiger partial charge is 0.458 e. The fourth-order valence-electron chi connectivity index (χ4n) is 2.50. The summed E-state index contributed by atoms with van der Waals surface area (Å²) in [5, 5.41) is 7.17. The summed E-state index contributed by atoms with van der Waals surface area (Å²) in [5.74, 6) is 0.0847. The smallest absolute Gasteiger partial charge is 0.309 e. The summed E-state index contributed by atoms with van der Waals surface area (Å²) in [4.78, 5) is 26.9. The first-order valence-corrected chi connectivity index (χ1v) is 9.09. The van der Waals surface area contributed by atoms with Crippen molar-refractivity contribution in [2.24, 2.45) is 0 Å². The molecule has 134 valence electrons. The zero-order valence-electron chi connectivity index (χ0n) is 13.8. The van der Waals surface area contributed by atoms with Crippen molar-refractivity contribution < 1.29 is 18.7 Å². The summed E-state index contributed by atoms with van der Waals surface area (Å²) in [7, 11) is 0. The number of nitrogens with one attached hydrogen (secondary N) is 2. The summed E-state index contributed by atoms with van der Waals surface area (Å²) in [6.45, 7) is 4.47. The molecule has 1 aliphatic heterocycles. The monoisotopic (exact) mass is 363 g/mol. The number of furan rings is 1. The summed E-state index contributed by atoms with van der Waals surface area (Å²) >= 11 is 1.58. The lowest BCUT2D eigenvalue weighted by Gasteiger charge is -2.26. The number of carbonyl (C=O) groups is 2. The van der Waals surface area contributed by atoms with Crippen LogP contribution in [0, 0.1) is 0 Å². The van der Waals surface area contributed by atoms with E-state index in [1.807, 2.05) is 23.6 Å². The zero-order chi connectivity index (χ0) is 17.5. The van der Waals surface area contributed by atoms with E-state index in [0.29, 0.717) is 32.1 Å². The van der Waals surface area contributed by atoms with Gasteiger partial charge in [0, 0.05) is 26.2 Å². The van der Waals surface area contributed by atoms with Crippen LogP contribution in [0.3, 0.4) is 0 Å². The van der Waals surface area contributed by atoms with E-state index in [-0.39, 0.29) is 6.54 Å². The quantitative estimate of drug-likeness (QED) is 0.750. The van der Waals surface area contributed by atoms with E-state index in [1.165, 1.54) is 0 Å². The second kappa shape index (κ2) is 8.80. The molecule has 0 unspecified atom stereocenters. The lowest BCUT2D eigenvalue weighted by Crippen LogP contribution is -2.44. The fourth-order valence-corrected chi connectivity index (χ4v) is 3.19. The standard InChI is InChI=1S/C17H21N3O4S/c21-16(18-5-6-20-7-9-23-10-8-20)17(22)19-12-13-3-4-14(24-13)15-2-1-11-25-15/h1-4,11H,5-10,12H2,(H,18,21)(H,19,22).